The Bertz CT molecular complexity index is 420. The van der Waals surface area contributed by atoms with Crippen molar-refractivity contribution in [2.24, 2.45) is 0 Å². The van der Waals surface area contributed by atoms with E-state index in [1.165, 1.54) is 6.08 Å². The Balaban J connectivity index is 2.77. The number of hydrogen-bond donors (Lipinski definition) is 0. The summed E-state index contributed by atoms with van der Waals surface area (Å²) in [4.78, 5) is 11.4. The van der Waals surface area contributed by atoms with Crippen molar-refractivity contribution in [3.63, 3.8) is 0 Å². The number of esters is 1. The fourth-order valence-corrected chi connectivity index (χ4v) is 1.41. The van der Waals surface area contributed by atoms with Gasteiger partial charge >= 0.3 is 5.97 Å². The van der Waals surface area contributed by atoms with Gasteiger partial charge in [-0.25, -0.2) is 4.79 Å². The first kappa shape index (κ1) is 14.3. The molecule has 0 saturated carbocycles. The van der Waals surface area contributed by atoms with Crippen LogP contribution >= 0.6 is 0 Å². The van der Waals surface area contributed by atoms with Gasteiger partial charge in [-0.05, 0) is 39.8 Å². The summed E-state index contributed by atoms with van der Waals surface area (Å²) in [6, 6.07) is 7.59. The van der Waals surface area contributed by atoms with Crippen molar-refractivity contribution in [1.29, 1.82) is 0 Å². The SMILES string of the molecule is CC(C)OC(=O)C=Cc1ccccc1OC(C)C. The highest BCUT2D eigenvalue weighted by molar-refractivity contribution is 5.87. The Morgan fingerprint density at radius 2 is 1.78 bits per heavy atom. The van der Waals surface area contributed by atoms with Gasteiger partial charge in [0, 0.05) is 11.6 Å². The number of carbonyl (C=O) groups is 1. The van der Waals surface area contributed by atoms with Gasteiger partial charge in [0.05, 0.1) is 12.2 Å². The predicted octanol–water partition coefficient (Wildman–Crippen LogP) is 3.44. The van der Waals surface area contributed by atoms with E-state index in [0.29, 0.717) is 0 Å². The van der Waals surface area contributed by atoms with Crippen LogP contribution in [0.25, 0.3) is 6.08 Å². The highest BCUT2D eigenvalue weighted by atomic mass is 16.5. The monoisotopic (exact) mass is 248 g/mol. The zero-order chi connectivity index (χ0) is 13.5. The number of hydrogen-bond acceptors (Lipinski definition) is 3. The summed E-state index contributed by atoms with van der Waals surface area (Å²) in [6.45, 7) is 7.57. The van der Waals surface area contributed by atoms with Gasteiger partial charge in [0.15, 0.2) is 0 Å². The highest BCUT2D eigenvalue weighted by Gasteiger charge is 2.04. The topological polar surface area (TPSA) is 35.5 Å². The molecule has 98 valence electrons. The van der Waals surface area contributed by atoms with Crippen LogP contribution in [-0.2, 0) is 9.53 Å². The van der Waals surface area contributed by atoms with Crippen molar-refractivity contribution in [3.05, 3.63) is 35.9 Å². The number of rotatable bonds is 5. The van der Waals surface area contributed by atoms with Crippen LogP contribution in [0, 0.1) is 0 Å². The minimum absolute atomic E-state index is 0.0992. The lowest BCUT2D eigenvalue weighted by Crippen LogP contribution is -2.08. The molecule has 0 aliphatic carbocycles. The molecule has 0 saturated heterocycles. The molecule has 0 amide bonds. The number of para-hydroxylation sites is 1. The lowest BCUT2D eigenvalue weighted by Gasteiger charge is -2.12. The maximum absolute atomic E-state index is 11.4. The van der Waals surface area contributed by atoms with E-state index in [-0.39, 0.29) is 18.2 Å². The normalized spacial score (nSPS) is 11.2. The van der Waals surface area contributed by atoms with Crippen LogP contribution in [0.2, 0.25) is 0 Å². The lowest BCUT2D eigenvalue weighted by molar-refractivity contribution is -0.141. The van der Waals surface area contributed by atoms with Crippen molar-refractivity contribution >= 4 is 12.0 Å². The minimum atomic E-state index is -0.343. The van der Waals surface area contributed by atoms with E-state index in [2.05, 4.69) is 0 Å². The molecule has 0 fully saturated rings. The van der Waals surface area contributed by atoms with E-state index in [9.17, 15) is 4.79 Å². The largest absolute Gasteiger partial charge is 0.490 e. The summed E-state index contributed by atoms with van der Waals surface area (Å²) in [5.41, 5.74) is 0.868. The van der Waals surface area contributed by atoms with Crippen molar-refractivity contribution in [3.8, 4) is 5.75 Å². The molecule has 0 unspecified atom stereocenters. The van der Waals surface area contributed by atoms with E-state index < -0.39 is 0 Å². The molecule has 0 radical (unpaired) electrons. The zero-order valence-corrected chi connectivity index (χ0v) is 11.3. The summed E-state index contributed by atoms with van der Waals surface area (Å²) in [5.74, 6) is 0.422. The molecule has 0 aromatic heterocycles. The Labute approximate surface area is 108 Å². The van der Waals surface area contributed by atoms with Crippen molar-refractivity contribution in [2.75, 3.05) is 0 Å². The average molecular weight is 248 g/mol. The molecular weight excluding hydrogens is 228 g/mol. The van der Waals surface area contributed by atoms with Gasteiger partial charge in [-0.1, -0.05) is 18.2 Å². The van der Waals surface area contributed by atoms with Crippen LogP contribution in [-0.4, -0.2) is 18.2 Å². The van der Waals surface area contributed by atoms with E-state index >= 15 is 0 Å². The first-order valence-corrected chi connectivity index (χ1v) is 6.13. The van der Waals surface area contributed by atoms with Gasteiger partial charge < -0.3 is 9.47 Å². The summed E-state index contributed by atoms with van der Waals surface area (Å²) < 4.78 is 10.7. The second kappa shape index (κ2) is 6.84. The minimum Gasteiger partial charge on any atom is -0.490 e. The van der Waals surface area contributed by atoms with Crippen LogP contribution in [0.15, 0.2) is 30.3 Å². The molecule has 1 aromatic carbocycles. The summed E-state index contributed by atoms with van der Waals surface area (Å²) in [5, 5.41) is 0. The van der Waals surface area contributed by atoms with Gasteiger partial charge in [-0.15, -0.1) is 0 Å². The Morgan fingerprint density at radius 1 is 1.11 bits per heavy atom. The molecule has 1 rings (SSSR count). The van der Waals surface area contributed by atoms with Gasteiger partial charge in [0.1, 0.15) is 5.75 Å². The second-order valence-electron chi connectivity index (χ2n) is 4.52. The second-order valence-corrected chi connectivity index (χ2v) is 4.52. The van der Waals surface area contributed by atoms with Gasteiger partial charge in [0.25, 0.3) is 0 Å². The van der Waals surface area contributed by atoms with Crippen LogP contribution in [0.3, 0.4) is 0 Å². The quantitative estimate of drug-likeness (QED) is 0.591. The first-order chi connectivity index (χ1) is 8.49. The molecule has 1 aromatic rings. The summed E-state index contributed by atoms with van der Waals surface area (Å²) in [7, 11) is 0. The third kappa shape index (κ3) is 5.04. The molecule has 0 N–H and O–H groups in total. The maximum atomic E-state index is 11.4. The Kier molecular flexibility index (Phi) is 5.43. The molecule has 0 aliphatic heterocycles. The molecule has 0 bridgehead atoms. The van der Waals surface area contributed by atoms with Crippen molar-refractivity contribution < 1.29 is 14.3 Å². The maximum Gasteiger partial charge on any atom is 0.331 e. The van der Waals surface area contributed by atoms with Gasteiger partial charge in [-0.2, -0.15) is 0 Å². The molecular formula is C15H20O3. The van der Waals surface area contributed by atoms with E-state index in [1.54, 1.807) is 6.08 Å². The molecule has 0 aliphatic rings. The third-order valence-corrected chi connectivity index (χ3v) is 2.03. The van der Waals surface area contributed by atoms with E-state index in [4.69, 9.17) is 9.47 Å². The molecule has 3 nitrogen and oxygen atoms in total. The molecule has 0 heterocycles. The van der Waals surface area contributed by atoms with Gasteiger partial charge in [0.2, 0.25) is 0 Å². The van der Waals surface area contributed by atoms with Crippen LogP contribution in [0.5, 0.6) is 5.75 Å². The van der Waals surface area contributed by atoms with Crippen LogP contribution in [0.1, 0.15) is 33.3 Å². The van der Waals surface area contributed by atoms with E-state index in [0.717, 1.165) is 11.3 Å². The smallest absolute Gasteiger partial charge is 0.331 e. The van der Waals surface area contributed by atoms with Crippen LogP contribution < -0.4 is 4.74 Å². The number of carbonyl (C=O) groups excluding carboxylic acids is 1. The highest BCUT2D eigenvalue weighted by Crippen LogP contribution is 2.20. The summed E-state index contributed by atoms with van der Waals surface area (Å²) >= 11 is 0. The lowest BCUT2D eigenvalue weighted by atomic mass is 10.2. The standard InChI is InChI=1S/C15H20O3/c1-11(2)17-14-8-6-5-7-13(14)9-10-15(16)18-12(3)4/h5-12H,1-4H3. The predicted molar refractivity (Wildman–Crippen MR) is 72.5 cm³/mol. The fourth-order valence-electron chi connectivity index (χ4n) is 1.41. The number of ether oxygens (including phenoxy) is 2. The Morgan fingerprint density at radius 3 is 2.39 bits per heavy atom. The average Bonchev–Trinajstić information content (AvgIpc) is 2.26. The van der Waals surface area contributed by atoms with Crippen molar-refractivity contribution in [2.45, 2.75) is 39.9 Å². The fraction of sp³-hybridized carbons (Fsp3) is 0.400. The van der Waals surface area contributed by atoms with E-state index in [1.807, 2.05) is 52.0 Å². The zero-order valence-electron chi connectivity index (χ0n) is 11.3. The molecule has 0 spiro atoms. The van der Waals surface area contributed by atoms with Gasteiger partial charge in [-0.3, -0.25) is 0 Å². The molecule has 0 atom stereocenters. The number of benzene rings is 1. The van der Waals surface area contributed by atoms with Crippen LogP contribution in [0.4, 0.5) is 0 Å². The molecule has 3 heteroatoms. The third-order valence-electron chi connectivity index (χ3n) is 2.03. The summed E-state index contributed by atoms with van der Waals surface area (Å²) in [6.07, 6.45) is 3.12. The molecule has 18 heavy (non-hydrogen) atoms. The van der Waals surface area contributed by atoms with Crippen molar-refractivity contribution in [1.82, 2.24) is 0 Å². The Hall–Kier alpha value is -1.77. The first-order valence-electron chi connectivity index (χ1n) is 6.13.